The second-order valence-corrected chi connectivity index (χ2v) is 41.1. The average molecular weight is 1880 g/mol. The number of nitrogens with zero attached hydrogens (tertiary/aromatic N) is 6. The van der Waals surface area contributed by atoms with E-state index in [2.05, 4.69) is 198 Å². The Balaban J connectivity index is 0.000000541. The maximum atomic E-state index is 12.5. The van der Waals surface area contributed by atoms with Gasteiger partial charge in [-0.3, -0.25) is 47.9 Å². The zero-order valence-electron chi connectivity index (χ0n) is 85.4. The molecule has 0 atom stereocenters. The van der Waals surface area contributed by atoms with Gasteiger partial charge in [0.2, 0.25) is 23.6 Å². The number of nitrogens with one attached hydrogen (secondary N) is 5. The molecule has 8 aromatic carbocycles. The van der Waals surface area contributed by atoms with Crippen LogP contribution >= 0.6 is 11.3 Å². The van der Waals surface area contributed by atoms with E-state index in [1.165, 1.54) is 0 Å². The standard InChI is InChI=1S/C21H20N2O2S.C19H22N2O3.C18H19NO2.C15H17N3O2.C14H15N3O3.5C5H12/c1-22-20(25)12-11-18(24)13-15-7-9-17(10-8-15)21-23-19(14-26-21)16-5-3-2-4-6-16;1-20-19(24)17-9-7-16(8-10-17)14-21(11-12-22)18(23)13-15-5-3-2-4-6-15;1-19-18(21)12-11-17(20)13-14-7-9-16(10-8-14)15-5-3-2-4-6-15;1-2-14(19)9-15(20)8-13-11-18(17-16-13)10-12-6-4-3-5-7-12;1-15-13(18)7-8-16-14(19)11-9-12(20-17-11)10-5-3-2-4-6-10;5*1-5(2,3)4/h2-10,14H,11-13H2,1H3,(H,22,25);2-10,22H,11-14H2,1H3,(H,20,24);2-10H,11-13H2,1H3,(H,19,21);3-7,11H,2,8-10H2,1H3;2-6,9H,7-8H2,1H3,(H,15,18)(H,16,19);5*1-4H3. The number of benzene rings is 8. The molecule has 24 heteroatoms. The van der Waals surface area contributed by atoms with Gasteiger partial charge in [-0.1, -0.05) is 368 Å². The first-order valence-corrected chi connectivity index (χ1v) is 47.1. The molecule has 0 saturated heterocycles. The normalized spacial score (nSPS) is 10.6. The molecule has 0 saturated carbocycles. The lowest BCUT2D eigenvalue weighted by Gasteiger charge is -2.22. The largest absolute Gasteiger partial charge is 0.395 e. The molecule has 734 valence electrons. The summed E-state index contributed by atoms with van der Waals surface area (Å²) < 4.78 is 6.82. The summed E-state index contributed by atoms with van der Waals surface area (Å²) in [5, 5.41) is 36.6. The number of carbonyl (C=O) groups is 10. The molecule has 136 heavy (non-hydrogen) atoms. The van der Waals surface area contributed by atoms with Crippen molar-refractivity contribution in [3.63, 3.8) is 0 Å². The van der Waals surface area contributed by atoms with Gasteiger partial charge in [-0.2, -0.15) is 0 Å². The van der Waals surface area contributed by atoms with Gasteiger partial charge in [0, 0.05) is 139 Å². The van der Waals surface area contributed by atoms with Crippen molar-refractivity contribution in [3.8, 4) is 44.3 Å². The fourth-order valence-corrected chi connectivity index (χ4v) is 11.5. The quantitative estimate of drug-likeness (QED) is 0.0213. The van der Waals surface area contributed by atoms with Gasteiger partial charge in [0.1, 0.15) is 28.1 Å². The lowest BCUT2D eigenvalue weighted by Crippen LogP contribution is -2.34. The maximum Gasteiger partial charge on any atom is 0.273 e. The van der Waals surface area contributed by atoms with Crippen LogP contribution in [0.5, 0.6) is 0 Å². The van der Waals surface area contributed by atoms with Gasteiger partial charge < -0.3 is 41.1 Å². The van der Waals surface area contributed by atoms with Gasteiger partial charge in [-0.25, -0.2) is 9.67 Å². The molecule has 0 spiro atoms. The van der Waals surface area contributed by atoms with E-state index in [1.807, 2.05) is 200 Å². The average Bonchev–Trinajstić information content (AvgIpc) is 1.64. The van der Waals surface area contributed by atoms with E-state index < -0.39 is 0 Å². The first-order chi connectivity index (χ1) is 63.8. The van der Waals surface area contributed by atoms with Crippen LogP contribution in [-0.4, -0.2) is 142 Å². The van der Waals surface area contributed by atoms with Crippen LogP contribution in [0.3, 0.4) is 0 Å². The zero-order chi connectivity index (χ0) is 102. The second kappa shape index (κ2) is 63.4. The number of hydrogen-bond acceptors (Lipinski definition) is 17. The zero-order valence-corrected chi connectivity index (χ0v) is 86.3. The number of rotatable bonds is 32. The molecule has 23 nitrogen and oxygen atoms in total. The number of carbonyl (C=O) groups excluding carboxylic acids is 10. The smallest absolute Gasteiger partial charge is 0.273 e. The minimum absolute atomic E-state index is 0.0119. The van der Waals surface area contributed by atoms with Gasteiger partial charge in [-0.15, -0.1) is 16.4 Å². The SMILES string of the molecule is CC(C)(C)C.CC(C)(C)C.CC(C)(C)C.CC(C)(C)C.CC(C)(C)C.CCC(=O)CC(=O)Cc1cn(Cc2ccccc2)nn1.CNC(=O)CCC(=O)Cc1ccc(-c2ccccc2)cc1.CNC(=O)CCC(=O)Cc1ccc(-c2nc(-c3ccccc3)cs2)cc1.CNC(=O)CCNC(=O)c1cc(-c2ccccc2)on1.CNC(=O)c1ccc(CN(CCO)C(=O)Cc2ccccc2)cc1. The van der Waals surface area contributed by atoms with Crippen molar-refractivity contribution < 1.29 is 57.6 Å². The maximum absolute atomic E-state index is 12.5. The third kappa shape index (κ3) is 61.2. The van der Waals surface area contributed by atoms with Crippen LogP contribution in [-0.2, 0) is 77.1 Å². The molecule has 11 aromatic rings. The predicted octanol–water partition coefficient (Wildman–Crippen LogP) is 22.0. The Labute approximate surface area is 814 Å². The summed E-state index contributed by atoms with van der Waals surface area (Å²) in [6, 6.07) is 73.6. The summed E-state index contributed by atoms with van der Waals surface area (Å²) in [7, 11) is 6.29. The van der Waals surface area contributed by atoms with E-state index in [-0.39, 0.29) is 122 Å². The predicted molar refractivity (Wildman–Crippen MR) is 554 cm³/mol. The highest BCUT2D eigenvalue weighted by Gasteiger charge is 2.19. The molecule has 6 amide bonds. The van der Waals surface area contributed by atoms with Crippen LogP contribution < -0.4 is 26.6 Å². The lowest BCUT2D eigenvalue weighted by molar-refractivity contribution is -0.131. The molecule has 3 heterocycles. The number of aromatic nitrogens is 5. The second-order valence-electron chi connectivity index (χ2n) is 40.2. The first kappa shape index (κ1) is 119. The molecule has 0 radical (unpaired) electrons. The van der Waals surface area contributed by atoms with Gasteiger partial charge in [0.15, 0.2) is 11.5 Å². The molecule has 0 aliphatic rings. The third-order valence-corrected chi connectivity index (χ3v) is 17.7. The Kier molecular flexibility index (Phi) is 55.6. The Morgan fingerprint density at radius 2 is 0.809 bits per heavy atom. The minimum atomic E-state index is -0.361. The minimum Gasteiger partial charge on any atom is -0.395 e. The molecule has 0 aliphatic heterocycles. The molecule has 0 unspecified atom stereocenters. The Morgan fingerprint density at radius 1 is 0.412 bits per heavy atom. The Bertz CT molecular complexity index is 5180. The monoisotopic (exact) mass is 1880 g/mol. The van der Waals surface area contributed by atoms with Crippen LogP contribution in [0.4, 0.5) is 0 Å². The molecule has 0 aliphatic carbocycles. The fraction of sp³-hybridized carbons (Fsp3) is 0.411. The topological polar surface area (TPSA) is 324 Å². The molecular weight excluding hydrogens is 1720 g/mol. The highest BCUT2D eigenvalue weighted by molar-refractivity contribution is 7.13. The number of ketones is 4. The van der Waals surface area contributed by atoms with Crippen LogP contribution in [0.15, 0.2) is 247 Å². The van der Waals surface area contributed by atoms with Crippen molar-refractivity contribution in [2.75, 3.05) is 47.9 Å². The number of aliphatic hydroxyl groups excluding tert-OH is 1. The fourth-order valence-electron chi connectivity index (χ4n) is 10.7. The highest BCUT2D eigenvalue weighted by atomic mass is 32.1. The van der Waals surface area contributed by atoms with Crippen molar-refractivity contribution in [1.29, 1.82) is 0 Å². The molecule has 3 aromatic heterocycles. The number of thiazole rings is 1. The van der Waals surface area contributed by atoms with Gasteiger partial charge in [-0.05, 0) is 78.2 Å². The van der Waals surface area contributed by atoms with Crippen molar-refractivity contribution in [2.24, 2.45) is 27.1 Å². The Morgan fingerprint density at radius 3 is 1.24 bits per heavy atom. The summed E-state index contributed by atoms with van der Waals surface area (Å²) in [6.07, 6.45) is 4.64. The van der Waals surface area contributed by atoms with Gasteiger partial charge in [0.25, 0.3) is 11.8 Å². The third-order valence-electron chi connectivity index (χ3n) is 16.9. The molecule has 6 N–H and O–H groups in total. The molecule has 0 bridgehead atoms. The summed E-state index contributed by atoms with van der Waals surface area (Å²) in [6.45, 7) is 47.0. The first-order valence-electron chi connectivity index (χ1n) is 46.3. The van der Waals surface area contributed by atoms with Crippen LogP contribution in [0.2, 0.25) is 0 Å². The summed E-state index contributed by atoms with van der Waals surface area (Å²) in [5.74, 6) is -0.324. The van der Waals surface area contributed by atoms with Crippen molar-refractivity contribution >= 4 is 69.9 Å². The summed E-state index contributed by atoms with van der Waals surface area (Å²) >= 11 is 1.61. The van der Waals surface area contributed by atoms with E-state index in [1.54, 1.807) is 80.4 Å². The van der Waals surface area contributed by atoms with E-state index in [4.69, 9.17) is 9.51 Å². The van der Waals surface area contributed by atoms with Crippen molar-refractivity contribution in [3.05, 3.63) is 287 Å². The number of amides is 6. The van der Waals surface area contributed by atoms with Gasteiger partial charge >= 0.3 is 0 Å². The van der Waals surface area contributed by atoms with E-state index in [0.29, 0.717) is 89.3 Å². The van der Waals surface area contributed by atoms with Crippen LogP contribution in [0.1, 0.15) is 245 Å². The number of aliphatic hydroxyl groups is 1. The Hall–Kier alpha value is -12.8. The number of hydrogen-bond donors (Lipinski definition) is 6. The molecule has 11 rings (SSSR count). The van der Waals surface area contributed by atoms with E-state index >= 15 is 0 Å². The van der Waals surface area contributed by atoms with Crippen LogP contribution in [0.25, 0.3) is 44.3 Å². The van der Waals surface area contributed by atoms with E-state index in [9.17, 15) is 53.1 Å². The molecular formula is C112H153N11O12S. The highest BCUT2D eigenvalue weighted by Crippen LogP contribution is 2.30. The lowest BCUT2D eigenvalue weighted by atomic mass is 10.0. The summed E-state index contributed by atoms with van der Waals surface area (Å²) in [5.41, 5.74) is 15.1. The molecule has 0 fully saturated rings. The van der Waals surface area contributed by atoms with Crippen molar-refractivity contribution in [2.45, 2.75) is 229 Å². The number of Topliss-reactive ketones (excluding diaryl/α,β-unsaturated/α-hetero) is 4. The van der Waals surface area contributed by atoms with Crippen LogP contribution in [0, 0.1) is 27.1 Å². The van der Waals surface area contributed by atoms with Crippen molar-refractivity contribution in [1.82, 2.24) is 56.6 Å². The summed E-state index contributed by atoms with van der Waals surface area (Å²) in [4.78, 5) is 122. The van der Waals surface area contributed by atoms with E-state index in [0.717, 1.165) is 66.3 Å². The van der Waals surface area contributed by atoms with Gasteiger partial charge in [0.05, 0.1) is 43.8 Å².